The fourth-order valence-corrected chi connectivity index (χ4v) is 16.7. The molecule has 0 saturated heterocycles. The van der Waals surface area contributed by atoms with Gasteiger partial charge < -0.3 is 9.47 Å². The lowest BCUT2D eigenvalue weighted by molar-refractivity contribution is -0.138. The van der Waals surface area contributed by atoms with Crippen LogP contribution in [0.5, 0.6) is 17.2 Å². The Labute approximate surface area is 682 Å². The zero-order valence-corrected chi connectivity index (χ0v) is 64.9. The molecule has 5 heteroatoms. The minimum Gasteiger partial charge on any atom is -0.497 e. The van der Waals surface area contributed by atoms with E-state index in [2.05, 4.69) is 360 Å². The lowest BCUT2D eigenvalue weighted by Gasteiger charge is -2.29. The number of halogens is 3. The predicted octanol–water partition coefficient (Wildman–Crippen LogP) is 31.8. The van der Waals surface area contributed by atoms with Crippen LogP contribution < -0.4 is 9.47 Å². The monoisotopic (exact) mass is 1510 g/mol. The Morgan fingerprint density at radius 3 is 0.598 bits per heavy atom. The third-order valence-electron chi connectivity index (χ3n) is 22.5. The Bertz CT molecular complexity index is 6330. The summed E-state index contributed by atoms with van der Waals surface area (Å²) in [4.78, 5) is 0. The third kappa shape index (κ3) is 14.9. The van der Waals surface area contributed by atoms with Gasteiger partial charge in [-0.3, -0.25) is 0 Å². The quantitative estimate of drug-likeness (QED) is 0.0803. The Kier molecular flexibility index (Phi) is 20.5. The topological polar surface area (TPSA) is 18.5 Å². The molecule has 0 spiro atoms. The van der Waals surface area contributed by atoms with Crippen LogP contribution in [0.15, 0.2) is 425 Å². The fourth-order valence-electron chi connectivity index (χ4n) is 16.7. The van der Waals surface area contributed by atoms with Crippen molar-refractivity contribution in [3.8, 4) is 195 Å². The highest BCUT2D eigenvalue weighted by Crippen LogP contribution is 2.59. The summed E-state index contributed by atoms with van der Waals surface area (Å²) in [6, 6.07) is 146. The fraction of sp³-hybridized carbons (Fsp3) is 0.0357. The molecule has 117 heavy (non-hydrogen) atoms. The van der Waals surface area contributed by atoms with Crippen molar-refractivity contribution in [2.45, 2.75) is 20.0 Å². The summed E-state index contributed by atoms with van der Waals surface area (Å²) in [7, 11) is 1.69. The number of ether oxygens (including phenoxy) is 2. The predicted molar refractivity (Wildman–Crippen MR) is 481 cm³/mol. The molecular formula is C112H79F3O2. The van der Waals surface area contributed by atoms with Crippen LogP contribution in [0.2, 0.25) is 0 Å². The minimum atomic E-state index is -4.76. The Balaban J connectivity index is 0.715. The largest absolute Gasteiger partial charge is 0.497 e. The van der Waals surface area contributed by atoms with Crippen LogP contribution in [-0.4, -0.2) is 7.11 Å². The van der Waals surface area contributed by atoms with Gasteiger partial charge in [0.25, 0.3) is 0 Å². The number of aryl methyl sites for hydroxylation is 2. The van der Waals surface area contributed by atoms with E-state index in [9.17, 15) is 0 Å². The van der Waals surface area contributed by atoms with Gasteiger partial charge in [0.2, 0.25) is 0 Å². The van der Waals surface area contributed by atoms with E-state index in [1.165, 1.54) is 23.3 Å². The molecule has 0 saturated carbocycles. The molecule has 0 heterocycles. The molecule has 0 N–H and O–H groups in total. The summed E-state index contributed by atoms with van der Waals surface area (Å²) < 4.78 is 59.2. The van der Waals surface area contributed by atoms with Crippen LogP contribution in [0, 0.1) is 13.8 Å². The molecule has 0 atom stereocenters. The Hall–Kier alpha value is -14.7. The van der Waals surface area contributed by atoms with Crippen molar-refractivity contribution in [3.63, 3.8) is 0 Å². The molecule has 2 nitrogen and oxygen atoms in total. The molecule has 0 aliphatic rings. The molecule has 18 aromatic carbocycles. The maximum atomic E-state index is 15.8. The second kappa shape index (κ2) is 32.4. The second-order valence-corrected chi connectivity index (χ2v) is 29.6. The number of methoxy groups -OCH3 is 1. The van der Waals surface area contributed by atoms with Gasteiger partial charge in [-0.2, -0.15) is 13.2 Å². The van der Waals surface area contributed by atoms with Crippen LogP contribution in [-0.2, 0) is 6.18 Å². The lowest BCUT2D eigenvalue weighted by atomic mass is 9.74. The average Bonchev–Trinajstić information content (AvgIpc) is 0.719. The second-order valence-electron chi connectivity index (χ2n) is 29.6. The van der Waals surface area contributed by atoms with Gasteiger partial charge in [-0.05, 0) is 239 Å². The summed E-state index contributed by atoms with van der Waals surface area (Å²) in [5.74, 6) is 0.773. The summed E-state index contributed by atoms with van der Waals surface area (Å²) in [6.45, 7) is 4.30. The van der Waals surface area contributed by atoms with E-state index in [0.29, 0.717) is 11.1 Å². The van der Waals surface area contributed by atoms with Crippen LogP contribution in [0.25, 0.3) is 178 Å². The first-order valence-electron chi connectivity index (χ1n) is 39.5. The highest BCUT2D eigenvalue weighted by atomic mass is 19.4. The highest BCUT2D eigenvalue weighted by molar-refractivity contribution is 6.17. The van der Waals surface area contributed by atoms with E-state index in [4.69, 9.17) is 9.47 Å². The number of benzene rings is 18. The van der Waals surface area contributed by atoms with E-state index < -0.39 is 11.7 Å². The Morgan fingerprint density at radius 1 is 0.179 bits per heavy atom. The summed E-state index contributed by atoms with van der Waals surface area (Å²) in [5.41, 5.74) is 34.1. The van der Waals surface area contributed by atoms with Gasteiger partial charge in [-0.25, -0.2) is 0 Å². The molecule has 0 bridgehead atoms. The number of hydrogen-bond acceptors (Lipinski definition) is 2. The van der Waals surface area contributed by atoms with Crippen molar-refractivity contribution >= 4 is 0 Å². The molecule has 560 valence electrons. The van der Waals surface area contributed by atoms with Gasteiger partial charge in [0, 0.05) is 0 Å². The van der Waals surface area contributed by atoms with E-state index in [1.54, 1.807) is 25.3 Å². The number of alkyl halides is 3. The molecule has 0 radical (unpaired) electrons. The van der Waals surface area contributed by atoms with Gasteiger partial charge in [0.05, 0.1) is 12.7 Å². The highest BCUT2D eigenvalue weighted by Gasteiger charge is 2.36. The van der Waals surface area contributed by atoms with Crippen LogP contribution in [0.3, 0.4) is 0 Å². The van der Waals surface area contributed by atoms with Crippen molar-refractivity contribution in [1.82, 2.24) is 0 Å². The number of rotatable bonds is 19. The average molecular weight is 1510 g/mol. The third-order valence-corrected chi connectivity index (χ3v) is 22.5. The van der Waals surface area contributed by atoms with Gasteiger partial charge in [-0.15, -0.1) is 0 Å². The first-order chi connectivity index (χ1) is 57.5. The number of hydrogen-bond donors (Lipinski definition) is 0. The van der Waals surface area contributed by atoms with Gasteiger partial charge >= 0.3 is 6.18 Å². The molecule has 18 rings (SSSR count). The zero-order valence-electron chi connectivity index (χ0n) is 64.9. The van der Waals surface area contributed by atoms with Crippen molar-refractivity contribution in [3.05, 3.63) is 441 Å². The first kappa shape index (κ1) is 73.8. The van der Waals surface area contributed by atoms with Crippen molar-refractivity contribution in [2.75, 3.05) is 7.11 Å². The summed E-state index contributed by atoms with van der Waals surface area (Å²) in [6.07, 6.45) is -4.76. The standard InChI is InChI=1S/C112H79F3O2/c1-74-44-45-94(72-75(74)2)80-50-58-92(59-51-80)110-104(86-36-20-8-21-37-86)106(88-40-24-10-25-41-88)111(107(89-42-26-11-27-43-89)105(110)87-38-22-9-23-39-87)93-60-52-81(53-61-93)95-66-71-99(98(73-95)112(113,114)115)117-97-69-64-79(65-70-97)77-48-56-91(57-49-77)109-102(84-32-16-6-17-33-84)100(82-28-12-4-13-29-82)108(90-54-46-76(47-55-90)78-62-67-96(116-3)68-63-78)101(83-30-14-5-15-31-83)103(109)85-34-18-7-19-35-85/h4-73H,1-3H3. The molecule has 0 fully saturated rings. The van der Waals surface area contributed by atoms with Gasteiger partial charge in [-0.1, -0.05) is 388 Å². The molecule has 0 unspecified atom stereocenters. The van der Waals surface area contributed by atoms with Crippen molar-refractivity contribution in [1.29, 1.82) is 0 Å². The summed E-state index contributed by atoms with van der Waals surface area (Å²) >= 11 is 0. The van der Waals surface area contributed by atoms with E-state index in [1.807, 2.05) is 48.5 Å². The van der Waals surface area contributed by atoms with Gasteiger partial charge in [0.1, 0.15) is 17.2 Å². The normalized spacial score (nSPS) is 11.3. The molecule has 0 aliphatic carbocycles. The zero-order chi connectivity index (χ0) is 79.4. The van der Waals surface area contributed by atoms with E-state index >= 15 is 13.2 Å². The van der Waals surface area contributed by atoms with Crippen molar-refractivity contribution < 1.29 is 22.6 Å². The van der Waals surface area contributed by atoms with Crippen LogP contribution in [0.4, 0.5) is 13.2 Å². The minimum absolute atomic E-state index is 0.267. The molecule has 0 amide bonds. The van der Waals surface area contributed by atoms with Crippen LogP contribution >= 0.6 is 0 Å². The van der Waals surface area contributed by atoms with Gasteiger partial charge in [0.15, 0.2) is 0 Å². The molecule has 18 aromatic rings. The lowest BCUT2D eigenvalue weighted by Crippen LogP contribution is -2.07. The van der Waals surface area contributed by atoms with E-state index in [0.717, 1.165) is 173 Å². The maximum Gasteiger partial charge on any atom is 0.420 e. The summed E-state index contributed by atoms with van der Waals surface area (Å²) in [5, 5.41) is 0. The molecular weight excluding hydrogens is 1430 g/mol. The van der Waals surface area contributed by atoms with Crippen LogP contribution in [0.1, 0.15) is 16.7 Å². The first-order valence-corrected chi connectivity index (χ1v) is 39.5. The molecule has 0 aromatic heterocycles. The van der Waals surface area contributed by atoms with Crippen molar-refractivity contribution in [2.24, 2.45) is 0 Å². The molecule has 0 aliphatic heterocycles. The smallest absolute Gasteiger partial charge is 0.420 e. The maximum absolute atomic E-state index is 15.8. The van der Waals surface area contributed by atoms with E-state index in [-0.39, 0.29) is 11.5 Å². The Morgan fingerprint density at radius 2 is 0.368 bits per heavy atom. The SMILES string of the molecule is COc1ccc(-c2ccc(-c3c(-c4ccccc4)c(-c4ccccc4)c(-c4ccc(-c5ccc(Oc6ccc(-c7ccc(-c8c(-c9ccccc9)c(-c9ccccc9)c(-c9ccc(-c%10ccc(C)c(C)c%10)cc9)c(-c9ccccc9)c8-c8ccccc8)cc7)cc6C(F)(F)F)cc5)cc4)c(-c4ccccc4)c3-c3ccccc3)cc2)cc1.